The fraction of sp³-hybridized carbons (Fsp3) is 0.889. The number of nitrogens with one attached hydrogen (secondary N) is 2. The van der Waals surface area contributed by atoms with Gasteiger partial charge in [0.1, 0.15) is 18.3 Å². The third-order valence-corrected chi connectivity index (χ3v) is 3.21. The monoisotopic (exact) mass is 232 g/mol. The van der Waals surface area contributed by atoms with Crippen LogP contribution in [0, 0.1) is 0 Å². The van der Waals surface area contributed by atoms with Gasteiger partial charge in [0.05, 0.1) is 6.61 Å². The first-order valence-corrected chi connectivity index (χ1v) is 5.09. The van der Waals surface area contributed by atoms with Gasteiger partial charge in [-0.25, -0.2) is 0 Å². The van der Waals surface area contributed by atoms with Gasteiger partial charge < -0.3 is 25.4 Å². The number of ether oxygens (including phenoxy) is 1. The fourth-order valence-electron chi connectivity index (χ4n) is 2.30. The standard InChI is InChI=1S/C9H16N2O5/c1-4(13)10-9-7(15)6(14)5(3-12)16-8(9,2)11-9/h5-7,11-12,14-15H,3H2,1-2H3,(H,10,13)/t5-,6-,7+,8-,9+/m1/s1. The number of hydrogen-bond acceptors (Lipinski definition) is 6. The van der Waals surface area contributed by atoms with Crippen LogP contribution in [0.5, 0.6) is 0 Å². The molecule has 2 saturated heterocycles. The largest absolute Gasteiger partial charge is 0.394 e. The number of aliphatic hydroxyl groups excluding tert-OH is 3. The summed E-state index contributed by atoms with van der Waals surface area (Å²) in [4.78, 5) is 11.0. The molecule has 2 fully saturated rings. The Morgan fingerprint density at radius 3 is 2.69 bits per heavy atom. The van der Waals surface area contributed by atoms with Crippen molar-refractivity contribution in [3.63, 3.8) is 0 Å². The summed E-state index contributed by atoms with van der Waals surface area (Å²) < 4.78 is 5.40. The van der Waals surface area contributed by atoms with Crippen molar-refractivity contribution in [3.8, 4) is 0 Å². The molecule has 92 valence electrons. The van der Waals surface area contributed by atoms with Crippen LogP contribution in [0.15, 0.2) is 0 Å². The second-order valence-electron chi connectivity index (χ2n) is 4.42. The highest BCUT2D eigenvalue weighted by Crippen LogP contribution is 2.46. The maximum Gasteiger partial charge on any atom is 0.218 e. The van der Waals surface area contributed by atoms with Gasteiger partial charge in [-0.3, -0.25) is 10.1 Å². The molecule has 2 aliphatic rings. The van der Waals surface area contributed by atoms with Crippen molar-refractivity contribution < 1.29 is 24.9 Å². The van der Waals surface area contributed by atoms with E-state index in [-0.39, 0.29) is 5.91 Å². The summed E-state index contributed by atoms with van der Waals surface area (Å²) in [5.41, 5.74) is -2.12. The number of fused-ring (bicyclic) bond motifs is 1. The van der Waals surface area contributed by atoms with Gasteiger partial charge in [-0.1, -0.05) is 0 Å². The van der Waals surface area contributed by atoms with E-state index in [9.17, 15) is 15.0 Å². The SMILES string of the molecule is CC(=O)N[C@@]12N[C@]1(C)O[C@H](CO)[C@@H](O)[C@@H]2O. The van der Waals surface area contributed by atoms with Crippen molar-refractivity contribution in [3.05, 3.63) is 0 Å². The van der Waals surface area contributed by atoms with Crippen LogP contribution in [0.25, 0.3) is 0 Å². The van der Waals surface area contributed by atoms with Gasteiger partial charge in [0, 0.05) is 6.92 Å². The second kappa shape index (κ2) is 3.38. The molecule has 5 N–H and O–H groups in total. The Hall–Kier alpha value is -0.730. The summed E-state index contributed by atoms with van der Waals surface area (Å²) in [6.07, 6.45) is -3.34. The summed E-state index contributed by atoms with van der Waals surface area (Å²) in [6.45, 7) is 2.55. The van der Waals surface area contributed by atoms with Gasteiger partial charge in [-0.2, -0.15) is 0 Å². The lowest BCUT2D eigenvalue weighted by atomic mass is 9.93. The highest BCUT2D eigenvalue weighted by atomic mass is 16.6. The van der Waals surface area contributed by atoms with Crippen LogP contribution >= 0.6 is 0 Å². The molecule has 0 radical (unpaired) electrons. The van der Waals surface area contributed by atoms with E-state index in [1.165, 1.54) is 6.92 Å². The van der Waals surface area contributed by atoms with E-state index in [0.717, 1.165) is 0 Å². The van der Waals surface area contributed by atoms with Gasteiger partial charge in [0.2, 0.25) is 5.91 Å². The smallest absolute Gasteiger partial charge is 0.218 e. The Bertz CT molecular complexity index is 325. The van der Waals surface area contributed by atoms with Gasteiger partial charge in [0.25, 0.3) is 0 Å². The van der Waals surface area contributed by atoms with Crippen LogP contribution in [0.2, 0.25) is 0 Å². The van der Waals surface area contributed by atoms with Crippen molar-refractivity contribution >= 4 is 5.91 Å². The van der Waals surface area contributed by atoms with Crippen molar-refractivity contribution in [1.82, 2.24) is 10.6 Å². The van der Waals surface area contributed by atoms with Gasteiger partial charge in [-0.15, -0.1) is 0 Å². The number of carbonyl (C=O) groups is 1. The number of carbonyl (C=O) groups excluding carboxylic acids is 1. The zero-order chi connectivity index (χ0) is 12.1. The Balaban J connectivity index is 2.22. The zero-order valence-corrected chi connectivity index (χ0v) is 9.10. The third-order valence-electron chi connectivity index (χ3n) is 3.21. The van der Waals surface area contributed by atoms with Crippen LogP contribution in [0.3, 0.4) is 0 Å². The van der Waals surface area contributed by atoms with Crippen LogP contribution < -0.4 is 10.6 Å². The molecule has 0 saturated carbocycles. The average Bonchev–Trinajstić information content (AvgIpc) is 2.78. The van der Waals surface area contributed by atoms with Crippen LogP contribution in [-0.4, -0.2) is 57.5 Å². The summed E-state index contributed by atoms with van der Waals surface area (Å²) in [6, 6.07) is 0. The van der Waals surface area contributed by atoms with Crippen molar-refractivity contribution in [2.45, 2.75) is 43.5 Å². The van der Waals surface area contributed by atoms with E-state index in [1.807, 2.05) is 0 Å². The number of aliphatic hydroxyl groups is 3. The Morgan fingerprint density at radius 1 is 1.56 bits per heavy atom. The lowest BCUT2D eigenvalue weighted by molar-refractivity contribution is -0.191. The number of hydrogen-bond donors (Lipinski definition) is 5. The van der Waals surface area contributed by atoms with E-state index in [0.29, 0.717) is 0 Å². The maximum absolute atomic E-state index is 11.0. The highest BCUT2D eigenvalue weighted by Gasteiger charge is 2.75. The highest BCUT2D eigenvalue weighted by molar-refractivity contribution is 5.75. The molecule has 1 amide bonds. The molecular formula is C9H16N2O5. The fourth-order valence-corrected chi connectivity index (χ4v) is 2.30. The summed E-state index contributed by atoms with van der Waals surface area (Å²) >= 11 is 0. The van der Waals surface area contributed by atoms with Crippen LogP contribution in [0.4, 0.5) is 0 Å². The molecule has 7 nitrogen and oxygen atoms in total. The molecule has 0 aromatic rings. The molecule has 0 aromatic heterocycles. The summed E-state index contributed by atoms with van der Waals surface area (Å²) in [7, 11) is 0. The first-order chi connectivity index (χ1) is 7.36. The second-order valence-corrected chi connectivity index (χ2v) is 4.42. The molecule has 16 heavy (non-hydrogen) atoms. The molecule has 0 spiro atoms. The quantitative estimate of drug-likeness (QED) is 0.329. The predicted octanol–water partition coefficient (Wildman–Crippen LogP) is -2.75. The van der Waals surface area contributed by atoms with E-state index in [4.69, 9.17) is 9.84 Å². The first-order valence-electron chi connectivity index (χ1n) is 5.09. The lowest BCUT2D eigenvalue weighted by Crippen LogP contribution is -2.64. The minimum absolute atomic E-state index is 0.339. The van der Waals surface area contributed by atoms with Gasteiger partial charge in [-0.05, 0) is 6.92 Å². The average molecular weight is 232 g/mol. The summed E-state index contributed by atoms with van der Waals surface area (Å²) in [5.74, 6) is -0.339. The molecule has 2 aliphatic heterocycles. The first kappa shape index (κ1) is 11.7. The molecule has 5 atom stereocenters. The molecule has 0 aromatic carbocycles. The van der Waals surface area contributed by atoms with E-state index in [1.54, 1.807) is 6.92 Å². The predicted molar refractivity (Wildman–Crippen MR) is 52.1 cm³/mol. The van der Waals surface area contributed by atoms with Crippen molar-refractivity contribution in [2.75, 3.05) is 6.61 Å². The third kappa shape index (κ3) is 1.36. The van der Waals surface area contributed by atoms with E-state index >= 15 is 0 Å². The Labute approximate surface area is 92.4 Å². The van der Waals surface area contributed by atoms with E-state index in [2.05, 4.69) is 10.6 Å². The molecule has 2 rings (SSSR count). The van der Waals surface area contributed by atoms with Crippen LogP contribution in [0.1, 0.15) is 13.8 Å². The lowest BCUT2D eigenvalue weighted by Gasteiger charge is -2.38. The minimum Gasteiger partial charge on any atom is -0.394 e. The van der Waals surface area contributed by atoms with E-state index < -0.39 is 36.3 Å². The number of rotatable bonds is 2. The van der Waals surface area contributed by atoms with Crippen molar-refractivity contribution in [2.24, 2.45) is 0 Å². The molecular weight excluding hydrogens is 216 g/mol. The molecule has 2 heterocycles. The maximum atomic E-state index is 11.0. The Kier molecular flexibility index (Phi) is 2.48. The topological polar surface area (TPSA) is 121 Å². The van der Waals surface area contributed by atoms with Gasteiger partial charge >= 0.3 is 0 Å². The Morgan fingerprint density at radius 2 is 2.19 bits per heavy atom. The summed E-state index contributed by atoms with van der Waals surface area (Å²) in [5, 5.41) is 34.0. The van der Waals surface area contributed by atoms with Crippen LogP contribution in [-0.2, 0) is 9.53 Å². The molecule has 0 unspecified atom stereocenters. The zero-order valence-electron chi connectivity index (χ0n) is 9.10. The molecule has 0 bridgehead atoms. The number of amides is 1. The molecule has 7 heteroatoms. The van der Waals surface area contributed by atoms with Gasteiger partial charge in [0.15, 0.2) is 11.4 Å². The molecule has 0 aliphatic carbocycles. The minimum atomic E-state index is -1.25. The van der Waals surface area contributed by atoms with Crippen molar-refractivity contribution in [1.29, 1.82) is 0 Å². The normalized spacial score (nSPS) is 50.7.